The maximum atomic E-state index is 11.8. The summed E-state index contributed by atoms with van der Waals surface area (Å²) < 4.78 is 0.985. The molecule has 0 aliphatic heterocycles. The van der Waals surface area contributed by atoms with Gasteiger partial charge in [0.1, 0.15) is 0 Å². The van der Waals surface area contributed by atoms with E-state index in [0.717, 1.165) is 22.1 Å². The summed E-state index contributed by atoms with van der Waals surface area (Å²) in [6.45, 7) is 2.10. The van der Waals surface area contributed by atoms with Crippen LogP contribution in [0.25, 0.3) is 6.08 Å². The van der Waals surface area contributed by atoms with E-state index in [1.54, 1.807) is 6.20 Å². The van der Waals surface area contributed by atoms with Crippen LogP contribution in [0, 0.1) is 0 Å². The smallest absolute Gasteiger partial charge is 0.314 e. The molecule has 2 rings (SSSR count). The summed E-state index contributed by atoms with van der Waals surface area (Å²) in [6, 6.07) is 15.4. The van der Waals surface area contributed by atoms with Crippen molar-refractivity contribution in [3.05, 3.63) is 70.3 Å². The third-order valence-corrected chi connectivity index (χ3v) is 3.72. The van der Waals surface area contributed by atoms with E-state index in [0.29, 0.717) is 0 Å². The number of benzene rings is 2. The number of carbonyl (C=O) groups excluding carboxylic acids is 1. The molecule has 0 bridgehead atoms. The minimum atomic E-state index is -0.262. The zero-order valence-electron chi connectivity index (χ0n) is 11.8. The Morgan fingerprint density at radius 2 is 1.86 bits per heavy atom. The van der Waals surface area contributed by atoms with Crippen molar-refractivity contribution in [1.29, 1.82) is 0 Å². The number of hydrogen-bond donors (Lipinski definition) is 2. The maximum absolute atomic E-state index is 11.8. The van der Waals surface area contributed by atoms with Crippen LogP contribution in [0.5, 0.6) is 0 Å². The second-order valence-corrected chi connectivity index (χ2v) is 5.36. The second-order valence-electron chi connectivity index (χ2n) is 4.50. The monoisotopic (exact) mass is 344 g/mol. The van der Waals surface area contributed by atoms with E-state index in [2.05, 4.69) is 33.5 Å². The first-order chi connectivity index (χ1) is 10.2. The summed E-state index contributed by atoms with van der Waals surface area (Å²) in [5.41, 5.74) is 3.03. The topological polar surface area (TPSA) is 41.1 Å². The molecule has 3 nitrogen and oxygen atoms in total. The molecule has 0 fully saturated rings. The second kappa shape index (κ2) is 7.64. The molecule has 2 amide bonds. The molecule has 0 aromatic heterocycles. The van der Waals surface area contributed by atoms with E-state index in [1.807, 2.05) is 54.6 Å². The van der Waals surface area contributed by atoms with E-state index < -0.39 is 0 Å². The molecule has 0 aliphatic carbocycles. The Balaban J connectivity index is 1.88. The van der Waals surface area contributed by atoms with E-state index >= 15 is 0 Å². The van der Waals surface area contributed by atoms with Crippen LogP contribution < -0.4 is 10.6 Å². The van der Waals surface area contributed by atoms with Gasteiger partial charge in [-0.25, -0.2) is 4.79 Å². The Morgan fingerprint density at radius 3 is 2.52 bits per heavy atom. The van der Waals surface area contributed by atoms with E-state index in [4.69, 9.17) is 0 Å². The van der Waals surface area contributed by atoms with Crippen LogP contribution in [0.3, 0.4) is 0 Å². The summed E-state index contributed by atoms with van der Waals surface area (Å²) in [6.07, 6.45) is 4.45. The molecule has 2 aromatic carbocycles. The molecule has 0 aliphatic rings. The van der Waals surface area contributed by atoms with Crippen molar-refractivity contribution >= 4 is 33.7 Å². The lowest BCUT2D eigenvalue weighted by molar-refractivity contribution is 0.255. The van der Waals surface area contributed by atoms with Crippen molar-refractivity contribution < 1.29 is 4.79 Å². The summed E-state index contributed by atoms with van der Waals surface area (Å²) >= 11 is 3.45. The lowest BCUT2D eigenvalue weighted by Crippen LogP contribution is -2.23. The van der Waals surface area contributed by atoms with Gasteiger partial charge in [0.15, 0.2) is 0 Å². The zero-order valence-corrected chi connectivity index (χ0v) is 13.4. The summed E-state index contributed by atoms with van der Waals surface area (Å²) in [5.74, 6) is 0. The van der Waals surface area contributed by atoms with E-state index in [9.17, 15) is 4.79 Å². The minimum absolute atomic E-state index is 0.262. The molecule has 0 spiro atoms. The van der Waals surface area contributed by atoms with Gasteiger partial charge >= 0.3 is 6.03 Å². The molecule has 0 radical (unpaired) electrons. The average molecular weight is 345 g/mol. The SMILES string of the molecule is CCc1ccc(NC(=O)N/C=C/c2ccccc2Br)cc1. The molecule has 0 unspecified atom stereocenters. The quantitative estimate of drug-likeness (QED) is 0.821. The molecule has 0 saturated carbocycles. The van der Waals surface area contributed by atoms with Crippen molar-refractivity contribution in [3.63, 3.8) is 0 Å². The molecule has 21 heavy (non-hydrogen) atoms. The molecular weight excluding hydrogens is 328 g/mol. The van der Waals surface area contributed by atoms with E-state index in [1.165, 1.54) is 5.56 Å². The third-order valence-electron chi connectivity index (χ3n) is 3.00. The molecule has 0 atom stereocenters. The number of anilines is 1. The number of hydrogen-bond acceptors (Lipinski definition) is 1. The Hall–Kier alpha value is -2.07. The minimum Gasteiger partial charge on any atom is -0.314 e. The van der Waals surface area contributed by atoms with Crippen LogP contribution in [-0.4, -0.2) is 6.03 Å². The number of aryl methyl sites for hydroxylation is 1. The molecule has 4 heteroatoms. The summed E-state index contributed by atoms with van der Waals surface area (Å²) in [4.78, 5) is 11.8. The Morgan fingerprint density at radius 1 is 1.14 bits per heavy atom. The first-order valence-corrected chi connectivity index (χ1v) is 7.56. The molecular formula is C17H17BrN2O. The van der Waals surface area contributed by atoms with Gasteiger partial charge in [0.25, 0.3) is 0 Å². The van der Waals surface area contributed by atoms with Crippen LogP contribution >= 0.6 is 15.9 Å². The van der Waals surface area contributed by atoms with Gasteiger partial charge in [0.2, 0.25) is 0 Å². The highest BCUT2D eigenvalue weighted by molar-refractivity contribution is 9.10. The van der Waals surface area contributed by atoms with Crippen LogP contribution in [0.1, 0.15) is 18.1 Å². The highest BCUT2D eigenvalue weighted by atomic mass is 79.9. The van der Waals surface area contributed by atoms with Gasteiger partial charge in [-0.1, -0.05) is 53.2 Å². The zero-order chi connectivity index (χ0) is 15.1. The van der Waals surface area contributed by atoms with Gasteiger partial charge in [-0.15, -0.1) is 0 Å². The largest absolute Gasteiger partial charge is 0.323 e. The van der Waals surface area contributed by atoms with Crippen LogP contribution in [-0.2, 0) is 6.42 Å². The highest BCUT2D eigenvalue weighted by Crippen LogP contribution is 2.16. The van der Waals surface area contributed by atoms with E-state index in [-0.39, 0.29) is 6.03 Å². The first kappa shape index (κ1) is 15.3. The number of nitrogens with one attached hydrogen (secondary N) is 2. The van der Waals surface area contributed by atoms with Crippen molar-refractivity contribution in [2.75, 3.05) is 5.32 Å². The molecule has 0 heterocycles. The fourth-order valence-corrected chi connectivity index (χ4v) is 2.23. The number of amides is 2. The van der Waals surface area contributed by atoms with Gasteiger partial charge in [-0.3, -0.25) is 0 Å². The lowest BCUT2D eigenvalue weighted by Gasteiger charge is -2.05. The summed E-state index contributed by atoms with van der Waals surface area (Å²) in [5, 5.41) is 5.47. The fraction of sp³-hybridized carbons (Fsp3) is 0.118. The standard InChI is InChI=1S/C17H17BrN2O/c1-2-13-7-9-15(10-8-13)20-17(21)19-12-11-14-5-3-4-6-16(14)18/h3-12H,2H2,1H3,(H2,19,20,21)/b12-11+. The normalized spacial score (nSPS) is 10.6. The van der Waals surface area contributed by atoms with Gasteiger partial charge in [-0.05, 0) is 41.8 Å². The van der Waals surface area contributed by atoms with Crippen molar-refractivity contribution in [2.24, 2.45) is 0 Å². The third kappa shape index (κ3) is 4.76. The molecule has 0 saturated heterocycles. The highest BCUT2D eigenvalue weighted by Gasteiger charge is 1.99. The van der Waals surface area contributed by atoms with Crippen LogP contribution in [0.4, 0.5) is 10.5 Å². The number of urea groups is 1. The Kier molecular flexibility index (Phi) is 5.58. The number of halogens is 1. The fourth-order valence-electron chi connectivity index (χ4n) is 1.81. The van der Waals surface area contributed by atoms with Crippen LogP contribution in [0.15, 0.2) is 59.2 Å². The number of carbonyl (C=O) groups is 1. The first-order valence-electron chi connectivity index (χ1n) is 6.76. The number of rotatable bonds is 4. The molecule has 108 valence electrons. The van der Waals surface area contributed by atoms with Crippen LogP contribution in [0.2, 0.25) is 0 Å². The average Bonchev–Trinajstić information content (AvgIpc) is 2.50. The van der Waals surface area contributed by atoms with Crippen molar-refractivity contribution in [2.45, 2.75) is 13.3 Å². The summed E-state index contributed by atoms with van der Waals surface area (Å²) in [7, 11) is 0. The predicted octanol–water partition coefficient (Wildman–Crippen LogP) is 4.80. The Bertz CT molecular complexity index is 635. The van der Waals surface area contributed by atoms with Gasteiger partial charge in [0, 0.05) is 16.4 Å². The van der Waals surface area contributed by atoms with Crippen molar-refractivity contribution in [1.82, 2.24) is 5.32 Å². The maximum Gasteiger partial charge on any atom is 0.323 e. The molecule has 2 aromatic rings. The lowest BCUT2D eigenvalue weighted by atomic mass is 10.1. The Labute approximate surface area is 133 Å². The predicted molar refractivity (Wildman–Crippen MR) is 91.2 cm³/mol. The molecule has 2 N–H and O–H groups in total. The van der Waals surface area contributed by atoms with Crippen molar-refractivity contribution in [3.8, 4) is 0 Å². The van der Waals surface area contributed by atoms with Gasteiger partial charge in [0.05, 0.1) is 0 Å². The van der Waals surface area contributed by atoms with Gasteiger partial charge < -0.3 is 10.6 Å². The van der Waals surface area contributed by atoms with Gasteiger partial charge in [-0.2, -0.15) is 0 Å².